The first-order chi connectivity index (χ1) is 9.81. The second-order valence-corrected chi connectivity index (χ2v) is 5.83. The second-order valence-electron chi connectivity index (χ2n) is 5.83. The van der Waals surface area contributed by atoms with Crippen molar-refractivity contribution in [1.29, 1.82) is 0 Å². The van der Waals surface area contributed by atoms with Gasteiger partial charge in [0.25, 0.3) is 0 Å². The molecule has 1 rings (SSSR count). The zero-order valence-corrected chi connectivity index (χ0v) is 13.0. The van der Waals surface area contributed by atoms with Crippen molar-refractivity contribution in [1.82, 2.24) is 5.32 Å². The number of benzene rings is 1. The first-order valence-electron chi connectivity index (χ1n) is 6.92. The van der Waals surface area contributed by atoms with Gasteiger partial charge in [0.1, 0.15) is 11.7 Å². The van der Waals surface area contributed by atoms with E-state index in [0.717, 1.165) is 5.56 Å². The van der Waals surface area contributed by atoms with Crippen LogP contribution >= 0.6 is 0 Å². The van der Waals surface area contributed by atoms with Crippen molar-refractivity contribution in [2.45, 2.75) is 52.0 Å². The highest BCUT2D eigenvalue weighted by Crippen LogP contribution is 2.08. The molecule has 21 heavy (non-hydrogen) atoms. The van der Waals surface area contributed by atoms with Crippen LogP contribution in [0.15, 0.2) is 30.3 Å². The third kappa shape index (κ3) is 6.90. The lowest BCUT2D eigenvalue weighted by Crippen LogP contribution is -2.45. The van der Waals surface area contributed by atoms with Gasteiger partial charge in [0.15, 0.2) is 6.29 Å². The van der Waals surface area contributed by atoms with E-state index in [0.29, 0.717) is 12.9 Å². The lowest BCUT2D eigenvalue weighted by molar-refractivity contribution is -0.120. The Labute approximate surface area is 125 Å². The van der Waals surface area contributed by atoms with Crippen LogP contribution in [0.5, 0.6) is 0 Å². The average molecular weight is 293 g/mol. The Balaban J connectivity index is 2.47. The quantitative estimate of drug-likeness (QED) is 0.819. The number of ether oxygens (including phenoxy) is 2. The molecule has 0 spiro atoms. The number of aldehydes is 1. The molecule has 1 aromatic carbocycles. The van der Waals surface area contributed by atoms with Crippen LogP contribution in [-0.4, -0.2) is 30.1 Å². The Bertz CT molecular complexity index is 453. The molecule has 116 valence electrons. The van der Waals surface area contributed by atoms with Crippen molar-refractivity contribution in [2.24, 2.45) is 0 Å². The summed E-state index contributed by atoms with van der Waals surface area (Å²) in [6.45, 7) is 7.35. The Hall–Kier alpha value is -1.88. The van der Waals surface area contributed by atoms with Crippen molar-refractivity contribution in [2.75, 3.05) is 0 Å². The van der Waals surface area contributed by atoms with Gasteiger partial charge in [-0.05, 0) is 33.3 Å². The van der Waals surface area contributed by atoms with Crippen molar-refractivity contribution >= 4 is 12.4 Å². The summed E-state index contributed by atoms with van der Waals surface area (Å²) in [6.07, 6.45) is -0.604. The predicted octanol–water partition coefficient (Wildman–Crippen LogP) is 2.68. The van der Waals surface area contributed by atoms with Gasteiger partial charge in [-0.3, -0.25) is 0 Å². The van der Waals surface area contributed by atoms with Crippen LogP contribution in [0, 0.1) is 0 Å². The molecule has 0 saturated carbocycles. The molecule has 2 atom stereocenters. The van der Waals surface area contributed by atoms with Gasteiger partial charge in [0.05, 0.1) is 12.6 Å². The lowest BCUT2D eigenvalue weighted by atomic mass is 10.2. The summed E-state index contributed by atoms with van der Waals surface area (Å²) in [7, 11) is 0. The van der Waals surface area contributed by atoms with Crippen LogP contribution in [0.25, 0.3) is 0 Å². The van der Waals surface area contributed by atoms with E-state index in [1.807, 2.05) is 30.3 Å². The highest BCUT2D eigenvalue weighted by molar-refractivity contribution is 5.69. The number of nitrogens with one attached hydrogen (secondary N) is 1. The number of hydrogen-bond donors (Lipinski definition) is 1. The third-order valence-corrected chi connectivity index (χ3v) is 2.66. The van der Waals surface area contributed by atoms with E-state index in [1.54, 1.807) is 27.7 Å². The highest BCUT2D eigenvalue weighted by Gasteiger charge is 2.22. The average Bonchev–Trinajstić information content (AvgIpc) is 2.38. The van der Waals surface area contributed by atoms with Gasteiger partial charge < -0.3 is 19.6 Å². The number of hydrogen-bond acceptors (Lipinski definition) is 4. The van der Waals surface area contributed by atoms with Crippen molar-refractivity contribution in [3.05, 3.63) is 35.9 Å². The van der Waals surface area contributed by atoms with Gasteiger partial charge in [-0.2, -0.15) is 0 Å². The molecule has 5 nitrogen and oxygen atoms in total. The molecule has 1 N–H and O–H groups in total. The van der Waals surface area contributed by atoms with Crippen molar-refractivity contribution in [3.8, 4) is 0 Å². The first-order valence-corrected chi connectivity index (χ1v) is 6.92. The van der Waals surface area contributed by atoms with E-state index in [9.17, 15) is 9.59 Å². The lowest BCUT2D eigenvalue weighted by Gasteiger charge is -2.24. The maximum absolute atomic E-state index is 11.7. The van der Waals surface area contributed by atoms with Gasteiger partial charge in [-0.25, -0.2) is 4.79 Å². The summed E-state index contributed by atoms with van der Waals surface area (Å²) < 4.78 is 10.7. The molecule has 0 radical (unpaired) electrons. The molecule has 0 fully saturated rings. The smallest absolute Gasteiger partial charge is 0.407 e. The maximum Gasteiger partial charge on any atom is 0.407 e. The van der Waals surface area contributed by atoms with Crippen LogP contribution in [0.4, 0.5) is 4.79 Å². The molecule has 0 unspecified atom stereocenters. The second kappa shape index (κ2) is 7.78. The monoisotopic (exact) mass is 293 g/mol. The van der Waals surface area contributed by atoms with E-state index >= 15 is 0 Å². The SMILES string of the molecule is C[C@H](NC(=O)OC(C)(C)C)[C@H](C=O)OCc1ccccc1. The van der Waals surface area contributed by atoms with Crippen LogP contribution in [0.3, 0.4) is 0 Å². The normalized spacial score (nSPS) is 14.1. The largest absolute Gasteiger partial charge is 0.444 e. The fourth-order valence-corrected chi connectivity index (χ4v) is 1.64. The minimum Gasteiger partial charge on any atom is -0.444 e. The minimum absolute atomic E-state index is 0.310. The Morgan fingerprint density at radius 2 is 1.90 bits per heavy atom. The third-order valence-electron chi connectivity index (χ3n) is 2.66. The van der Waals surface area contributed by atoms with E-state index in [-0.39, 0.29) is 0 Å². The molecular formula is C16H23NO4. The van der Waals surface area contributed by atoms with Gasteiger partial charge >= 0.3 is 6.09 Å². The van der Waals surface area contributed by atoms with Gasteiger partial charge in [0, 0.05) is 0 Å². The van der Waals surface area contributed by atoms with Gasteiger partial charge in [-0.1, -0.05) is 30.3 Å². The molecule has 0 aliphatic carbocycles. The summed E-state index contributed by atoms with van der Waals surface area (Å²) in [5.41, 5.74) is 0.388. The zero-order chi connectivity index (χ0) is 15.9. The molecule has 0 heterocycles. The van der Waals surface area contributed by atoms with E-state index in [2.05, 4.69) is 5.32 Å². The molecule has 0 saturated heterocycles. The fourth-order valence-electron chi connectivity index (χ4n) is 1.64. The zero-order valence-electron chi connectivity index (χ0n) is 13.0. The van der Waals surface area contributed by atoms with Gasteiger partial charge in [-0.15, -0.1) is 0 Å². The minimum atomic E-state index is -0.724. The van der Waals surface area contributed by atoms with Crippen LogP contribution in [0.2, 0.25) is 0 Å². The molecular weight excluding hydrogens is 270 g/mol. The summed E-state index contributed by atoms with van der Waals surface area (Å²) in [4.78, 5) is 22.8. The molecule has 0 aliphatic heterocycles. The Morgan fingerprint density at radius 1 is 1.29 bits per heavy atom. The number of alkyl carbamates (subject to hydrolysis) is 1. The molecule has 0 aromatic heterocycles. The summed E-state index contributed by atoms with van der Waals surface area (Å²) >= 11 is 0. The van der Waals surface area contributed by atoms with Gasteiger partial charge in [0.2, 0.25) is 0 Å². The number of amides is 1. The van der Waals surface area contributed by atoms with E-state index in [1.165, 1.54) is 0 Å². The first kappa shape index (κ1) is 17.2. The van der Waals surface area contributed by atoms with E-state index in [4.69, 9.17) is 9.47 Å². The molecule has 0 aliphatic rings. The topological polar surface area (TPSA) is 64.6 Å². The molecule has 0 bridgehead atoms. The van der Waals surface area contributed by atoms with Crippen LogP contribution in [-0.2, 0) is 20.9 Å². The summed E-state index contributed by atoms with van der Waals surface area (Å²) in [5.74, 6) is 0. The molecule has 5 heteroatoms. The fraction of sp³-hybridized carbons (Fsp3) is 0.500. The number of carbonyl (C=O) groups is 2. The maximum atomic E-state index is 11.7. The number of carbonyl (C=O) groups excluding carboxylic acids is 2. The molecule has 1 amide bonds. The van der Waals surface area contributed by atoms with Crippen molar-refractivity contribution < 1.29 is 19.1 Å². The highest BCUT2D eigenvalue weighted by atomic mass is 16.6. The Kier molecular flexibility index (Phi) is 6.37. The standard InChI is InChI=1S/C16H23NO4/c1-12(17-15(19)21-16(2,3)4)14(10-18)20-11-13-8-6-5-7-9-13/h5-10,12,14H,11H2,1-4H3,(H,17,19)/t12-,14-/m0/s1. The van der Waals surface area contributed by atoms with E-state index < -0.39 is 23.8 Å². The summed E-state index contributed by atoms with van der Waals surface area (Å²) in [5, 5.41) is 2.61. The predicted molar refractivity (Wildman–Crippen MR) is 79.9 cm³/mol. The van der Waals surface area contributed by atoms with Crippen molar-refractivity contribution in [3.63, 3.8) is 0 Å². The Morgan fingerprint density at radius 3 is 2.43 bits per heavy atom. The summed E-state index contributed by atoms with van der Waals surface area (Å²) in [6, 6.07) is 9.06. The van der Waals surface area contributed by atoms with Crippen LogP contribution in [0.1, 0.15) is 33.3 Å². The van der Waals surface area contributed by atoms with Crippen LogP contribution < -0.4 is 5.32 Å². The molecule has 1 aromatic rings. The number of rotatable bonds is 6.